The van der Waals surface area contributed by atoms with Crippen LogP contribution in [0, 0.1) is 22.7 Å². The molecule has 0 saturated heterocycles. The Kier molecular flexibility index (Phi) is 3.72. The first kappa shape index (κ1) is 12.6. The number of allylic oxidation sites excluding steroid dienone is 1. The molecule has 2 rings (SSSR count). The maximum absolute atomic E-state index is 8.98. The third kappa shape index (κ3) is 2.86. The van der Waals surface area contributed by atoms with Gasteiger partial charge in [-0.15, -0.1) is 10.2 Å². The molecule has 8 heteroatoms. The number of aromatic amines is 1. The number of nitriles is 2. The van der Waals surface area contributed by atoms with Gasteiger partial charge < -0.3 is 5.32 Å². The quantitative estimate of drug-likeness (QED) is 0.821. The Labute approximate surface area is 113 Å². The summed E-state index contributed by atoms with van der Waals surface area (Å²) in [5.41, 5.74) is 1.09. The number of H-pyrrole nitrogens is 1. The van der Waals surface area contributed by atoms with E-state index in [1.807, 2.05) is 12.1 Å². The molecule has 0 unspecified atom stereocenters. The Morgan fingerprint density at radius 2 is 2.26 bits per heavy atom. The molecule has 0 atom stereocenters. The lowest BCUT2D eigenvalue weighted by molar-refractivity contribution is 0.881. The van der Waals surface area contributed by atoms with E-state index in [4.69, 9.17) is 22.1 Å². The van der Waals surface area contributed by atoms with Gasteiger partial charge in [-0.05, 0) is 23.4 Å². The molecule has 0 spiro atoms. The summed E-state index contributed by atoms with van der Waals surface area (Å²) in [7, 11) is 0. The smallest absolute Gasteiger partial charge is 0.216 e. The molecule has 1 heterocycles. The van der Waals surface area contributed by atoms with Gasteiger partial charge in [-0.2, -0.15) is 15.7 Å². The summed E-state index contributed by atoms with van der Waals surface area (Å²) in [4.78, 5) is 0. The molecule has 0 aliphatic heterocycles. The largest absolute Gasteiger partial charge is 0.359 e. The number of benzene rings is 1. The molecule has 0 amide bonds. The topological polar surface area (TPSA) is 114 Å². The number of aromatic nitrogens is 4. The van der Waals surface area contributed by atoms with Crippen molar-refractivity contribution in [2.24, 2.45) is 0 Å². The van der Waals surface area contributed by atoms with E-state index in [9.17, 15) is 0 Å². The van der Waals surface area contributed by atoms with E-state index in [1.165, 1.54) is 12.3 Å². The van der Waals surface area contributed by atoms with Gasteiger partial charge in [0, 0.05) is 11.2 Å². The summed E-state index contributed by atoms with van der Waals surface area (Å²) >= 11 is 5.79. The van der Waals surface area contributed by atoms with Crippen molar-refractivity contribution in [2.75, 3.05) is 5.32 Å². The fraction of sp³-hybridized carbons (Fsp3) is 0. The second-order valence-corrected chi connectivity index (χ2v) is 3.79. The minimum absolute atomic E-state index is 0.169. The van der Waals surface area contributed by atoms with Gasteiger partial charge in [0.05, 0.1) is 11.3 Å². The Bertz CT molecular complexity index is 691. The lowest BCUT2D eigenvalue weighted by atomic mass is 10.2. The van der Waals surface area contributed by atoms with Gasteiger partial charge in [0.25, 0.3) is 0 Å². The second kappa shape index (κ2) is 5.63. The molecule has 0 aliphatic carbocycles. The number of rotatable bonds is 3. The maximum atomic E-state index is 8.98. The number of hydrogen-bond acceptors (Lipinski definition) is 6. The van der Waals surface area contributed by atoms with Gasteiger partial charge in [0.15, 0.2) is 0 Å². The molecule has 0 saturated carbocycles. The van der Waals surface area contributed by atoms with Crippen molar-refractivity contribution >= 4 is 22.9 Å². The van der Waals surface area contributed by atoms with Crippen molar-refractivity contribution in [3.8, 4) is 12.1 Å². The molecule has 92 valence electrons. The van der Waals surface area contributed by atoms with Gasteiger partial charge in [0.2, 0.25) is 5.82 Å². The zero-order valence-electron chi connectivity index (χ0n) is 9.42. The average Bonchev–Trinajstić information content (AvgIpc) is 2.94. The van der Waals surface area contributed by atoms with Crippen molar-refractivity contribution in [1.82, 2.24) is 20.6 Å². The summed E-state index contributed by atoms with van der Waals surface area (Å²) in [6.45, 7) is 0. The van der Waals surface area contributed by atoms with Crippen LogP contribution in [0.25, 0.3) is 5.57 Å². The Hall–Kier alpha value is -2.90. The van der Waals surface area contributed by atoms with Crippen molar-refractivity contribution in [2.45, 2.75) is 0 Å². The van der Waals surface area contributed by atoms with E-state index < -0.39 is 0 Å². The molecule has 0 radical (unpaired) electrons. The van der Waals surface area contributed by atoms with Crippen LogP contribution in [-0.2, 0) is 0 Å². The van der Waals surface area contributed by atoms with Crippen LogP contribution in [0.15, 0.2) is 24.4 Å². The summed E-state index contributed by atoms with van der Waals surface area (Å²) in [6, 6.07) is 8.74. The minimum Gasteiger partial charge on any atom is -0.359 e. The zero-order chi connectivity index (χ0) is 13.7. The highest BCUT2D eigenvalue weighted by atomic mass is 35.5. The van der Waals surface area contributed by atoms with E-state index in [2.05, 4.69) is 25.9 Å². The normalized spacial score (nSPS) is 10.6. The predicted octanol–water partition coefficient (Wildman–Crippen LogP) is 1.70. The van der Waals surface area contributed by atoms with E-state index in [-0.39, 0.29) is 11.4 Å². The predicted molar refractivity (Wildman–Crippen MR) is 67.6 cm³/mol. The number of nitrogens with zero attached hydrogens (tertiary/aromatic N) is 5. The van der Waals surface area contributed by atoms with Crippen LogP contribution in [-0.4, -0.2) is 20.6 Å². The van der Waals surface area contributed by atoms with Gasteiger partial charge >= 0.3 is 0 Å². The van der Waals surface area contributed by atoms with Gasteiger partial charge in [-0.3, -0.25) is 0 Å². The SMILES string of the molecule is N#CC(=CNc1ccc(Cl)cc1C#N)c1nn[nH]n1. The number of halogens is 1. The summed E-state index contributed by atoms with van der Waals surface area (Å²) in [6.07, 6.45) is 1.40. The lowest BCUT2D eigenvalue weighted by Crippen LogP contribution is -1.95. The van der Waals surface area contributed by atoms with E-state index in [0.717, 1.165) is 0 Å². The van der Waals surface area contributed by atoms with Crippen LogP contribution in [0.2, 0.25) is 5.02 Å². The zero-order valence-corrected chi connectivity index (χ0v) is 10.2. The van der Waals surface area contributed by atoms with Crippen molar-refractivity contribution < 1.29 is 0 Å². The van der Waals surface area contributed by atoms with Crippen LogP contribution in [0.3, 0.4) is 0 Å². The Morgan fingerprint density at radius 3 is 2.89 bits per heavy atom. The summed E-state index contributed by atoms with van der Waals surface area (Å²) in [5.74, 6) is 0.169. The third-order valence-corrected chi connectivity index (χ3v) is 2.42. The molecular formula is C11H6ClN7. The molecule has 2 N–H and O–H groups in total. The van der Waals surface area contributed by atoms with E-state index >= 15 is 0 Å². The number of hydrogen-bond donors (Lipinski definition) is 2. The Morgan fingerprint density at radius 1 is 1.42 bits per heavy atom. The molecular weight excluding hydrogens is 266 g/mol. The highest BCUT2D eigenvalue weighted by Gasteiger charge is 2.06. The molecule has 19 heavy (non-hydrogen) atoms. The molecule has 0 bridgehead atoms. The first-order valence-electron chi connectivity index (χ1n) is 5.05. The fourth-order valence-electron chi connectivity index (χ4n) is 1.31. The van der Waals surface area contributed by atoms with Crippen LogP contribution in [0.1, 0.15) is 11.4 Å². The highest BCUT2D eigenvalue weighted by molar-refractivity contribution is 6.30. The van der Waals surface area contributed by atoms with Gasteiger partial charge in [-0.1, -0.05) is 11.6 Å². The lowest BCUT2D eigenvalue weighted by Gasteiger charge is -2.03. The highest BCUT2D eigenvalue weighted by Crippen LogP contribution is 2.20. The first-order chi connectivity index (χ1) is 9.24. The van der Waals surface area contributed by atoms with Crippen LogP contribution in [0.4, 0.5) is 5.69 Å². The average molecular weight is 272 g/mol. The van der Waals surface area contributed by atoms with Crippen LogP contribution in [0.5, 0.6) is 0 Å². The third-order valence-electron chi connectivity index (χ3n) is 2.18. The molecule has 0 fully saturated rings. The standard InChI is InChI=1S/C11H6ClN7/c12-9-1-2-10(7(3-9)4-13)15-6-8(5-14)11-16-18-19-17-11/h1-3,6,15H,(H,16,17,18,19). The van der Waals surface area contributed by atoms with E-state index in [0.29, 0.717) is 16.3 Å². The number of nitrogens with one attached hydrogen (secondary N) is 2. The Balaban J connectivity index is 2.28. The molecule has 2 aromatic rings. The number of anilines is 1. The van der Waals surface area contributed by atoms with Crippen molar-refractivity contribution in [1.29, 1.82) is 10.5 Å². The first-order valence-corrected chi connectivity index (χ1v) is 5.42. The van der Waals surface area contributed by atoms with Gasteiger partial charge in [-0.25, -0.2) is 0 Å². The van der Waals surface area contributed by atoms with Gasteiger partial charge in [0.1, 0.15) is 17.7 Å². The maximum Gasteiger partial charge on any atom is 0.216 e. The summed E-state index contributed by atoms with van der Waals surface area (Å²) < 4.78 is 0. The monoisotopic (exact) mass is 271 g/mol. The fourth-order valence-corrected chi connectivity index (χ4v) is 1.48. The molecule has 1 aromatic carbocycles. The molecule has 0 aliphatic rings. The van der Waals surface area contributed by atoms with Crippen LogP contribution >= 0.6 is 11.6 Å². The van der Waals surface area contributed by atoms with Crippen molar-refractivity contribution in [3.63, 3.8) is 0 Å². The second-order valence-electron chi connectivity index (χ2n) is 3.35. The molecule has 7 nitrogen and oxygen atoms in total. The minimum atomic E-state index is 0.169. The van der Waals surface area contributed by atoms with Crippen LogP contribution < -0.4 is 5.32 Å². The van der Waals surface area contributed by atoms with Crippen molar-refractivity contribution in [3.05, 3.63) is 40.8 Å². The van der Waals surface area contributed by atoms with E-state index in [1.54, 1.807) is 12.1 Å². The molecule has 1 aromatic heterocycles. The summed E-state index contributed by atoms with van der Waals surface area (Å²) in [5, 5.41) is 34.3. The number of tetrazole rings is 1.